The number of benzene rings is 2. The van der Waals surface area contributed by atoms with Crippen LogP contribution in [-0.2, 0) is 4.79 Å². The Balaban J connectivity index is 2.15. The molecular weight excluding hydrogens is 252 g/mol. The molecule has 2 aromatic carbocycles. The fourth-order valence-corrected chi connectivity index (χ4v) is 1.91. The van der Waals surface area contributed by atoms with E-state index in [0.717, 1.165) is 17.1 Å². The van der Waals surface area contributed by atoms with Crippen LogP contribution in [0.3, 0.4) is 0 Å². The number of para-hydroxylation sites is 2. The average Bonchev–Trinajstić information content (AvgIpc) is 2.46. The second kappa shape index (κ2) is 6.73. The molecule has 0 radical (unpaired) electrons. The van der Waals surface area contributed by atoms with E-state index in [1.165, 1.54) is 0 Å². The van der Waals surface area contributed by atoms with E-state index < -0.39 is 0 Å². The fraction of sp³-hybridized carbons (Fsp3) is 0.188. The van der Waals surface area contributed by atoms with Gasteiger partial charge in [0.25, 0.3) is 0 Å². The normalized spacial score (nSPS) is 11.8. The Morgan fingerprint density at radius 2 is 1.80 bits per heavy atom. The molecule has 0 bridgehead atoms. The number of rotatable bonds is 6. The minimum Gasteiger partial charge on any atom is -0.457 e. The third-order valence-electron chi connectivity index (χ3n) is 2.94. The van der Waals surface area contributed by atoms with Gasteiger partial charge in [-0.3, -0.25) is 4.79 Å². The van der Waals surface area contributed by atoms with Crippen molar-refractivity contribution in [3.05, 3.63) is 60.2 Å². The van der Waals surface area contributed by atoms with Gasteiger partial charge in [0.1, 0.15) is 11.5 Å². The molecule has 0 heterocycles. The first-order valence-electron chi connectivity index (χ1n) is 6.50. The fourth-order valence-electron chi connectivity index (χ4n) is 1.91. The van der Waals surface area contributed by atoms with Crippen molar-refractivity contribution in [1.82, 2.24) is 5.32 Å². The van der Waals surface area contributed by atoms with E-state index in [1.807, 2.05) is 61.5 Å². The average molecular weight is 270 g/mol. The maximum Gasteiger partial charge on any atom is 0.231 e. The summed E-state index contributed by atoms with van der Waals surface area (Å²) in [5.74, 6) is 1.17. The largest absolute Gasteiger partial charge is 0.457 e. The standard InChI is InChI=1S/C16H18N2O2/c1-12(18-11-16(17)19)14-9-5-6-10-15(14)20-13-7-3-2-4-8-13/h2-10,12,18H,11H2,1H3,(H2,17,19)/t12-/m1/s1. The molecule has 4 heteroatoms. The van der Waals surface area contributed by atoms with Crippen molar-refractivity contribution in [2.24, 2.45) is 5.73 Å². The van der Waals surface area contributed by atoms with Crippen LogP contribution in [0.25, 0.3) is 0 Å². The highest BCUT2D eigenvalue weighted by molar-refractivity contribution is 5.75. The highest BCUT2D eigenvalue weighted by Gasteiger charge is 2.12. The molecule has 3 N–H and O–H groups in total. The third-order valence-corrected chi connectivity index (χ3v) is 2.94. The van der Waals surface area contributed by atoms with Crippen LogP contribution in [0.4, 0.5) is 0 Å². The van der Waals surface area contributed by atoms with Crippen LogP contribution >= 0.6 is 0 Å². The topological polar surface area (TPSA) is 64.3 Å². The Hall–Kier alpha value is -2.33. The van der Waals surface area contributed by atoms with Crippen molar-refractivity contribution >= 4 is 5.91 Å². The van der Waals surface area contributed by atoms with E-state index in [0.29, 0.717) is 0 Å². The molecule has 4 nitrogen and oxygen atoms in total. The SMILES string of the molecule is C[C@@H](NCC(N)=O)c1ccccc1Oc1ccccc1. The van der Waals surface area contributed by atoms with Gasteiger partial charge < -0.3 is 15.8 Å². The number of nitrogens with one attached hydrogen (secondary N) is 1. The molecule has 0 spiro atoms. The molecule has 0 aromatic heterocycles. The van der Waals surface area contributed by atoms with Gasteiger partial charge in [-0.15, -0.1) is 0 Å². The number of hydrogen-bond donors (Lipinski definition) is 2. The first-order chi connectivity index (χ1) is 9.66. The third kappa shape index (κ3) is 3.83. The van der Waals surface area contributed by atoms with Crippen LogP contribution in [0, 0.1) is 0 Å². The van der Waals surface area contributed by atoms with Gasteiger partial charge in [-0.2, -0.15) is 0 Å². The van der Waals surface area contributed by atoms with Gasteiger partial charge in [0, 0.05) is 11.6 Å². The molecule has 1 atom stereocenters. The molecule has 0 saturated carbocycles. The predicted molar refractivity (Wildman–Crippen MR) is 78.6 cm³/mol. The highest BCUT2D eigenvalue weighted by Crippen LogP contribution is 2.29. The van der Waals surface area contributed by atoms with E-state index in [4.69, 9.17) is 10.5 Å². The number of hydrogen-bond acceptors (Lipinski definition) is 3. The Morgan fingerprint density at radius 1 is 1.15 bits per heavy atom. The monoisotopic (exact) mass is 270 g/mol. The van der Waals surface area contributed by atoms with Crippen molar-refractivity contribution < 1.29 is 9.53 Å². The van der Waals surface area contributed by atoms with Crippen molar-refractivity contribution in [3.8, 4) is 11.5 Å². The lowest BCUT2D eigenvalue weighted by atomic mass is 10.1. The Kier molecular flexibility index (Phi) is 4.74. The van der Waals surface area contributed by atoms with E-state index in [9.17, 15) is 4.79 Å². The van der Waals surface area contributed by atoms with Crippen LogP contribution in [-0.4, -0.2) is 12.5 Å². The second-order valence-corrected chi connectivity index (χ2v) is 4.52. The molecule has 2 rings (SSSR count). The molecule has 2 aromatic rings. The highest BCUT2D eigenvalue weighted by atomic mass is 16.5. The lowest BCUT2D eigenvalue weighted by Crippen LogP contribution is -2.30. The van der Waals surface area contributed by atoms with Crippen molar-refractivity contribution in [3.63, 3.8) is 0 Å². The summed E-state index contributed by atoms with van der Waals surface area (Å²) >= 11 is 0. The zero-order valence-corrected chi connectivity index (χ0v) is 11.4. The van der Waals surface area contributed by atoms with E-state index in [-0.39, 0.29) is 18.5 Å². The van der Waals surface area contributed by atoms with Gasteiger partial charge in [0.05, 0.1) is 6.54 Å². The summed E-state index contributed by atoms with van der Waals surface area (Å²) in [6.45, 7) is 2.11. The number of primary amides is 1. The quantitative estimate of drug-likeness (QED) is 0.848. The number of amides is 1. The first-order valence-corrected chi connectivity index (χ1v) is 6.50. The summed E-state index contributed by atoms with van der Waals surface area (Å²) in [4.78, 5) is 10.8. The zero-order chi connectivity index (χ0) is 14.4. The Labute approximate surface area is 118 Å². The summed E-state index contributed by atoms with van der Waals surface area (Å²) in [5, 5.41) is 3.07. The van der Waals surface area contributed by atoms with Crippen LogP contribution in [0.1, 0.15) is 18.5 Å². The van der Waals surface area contributed by atoms with E-state index >= 15 is 0 Å². The maximum atomic E-state index is 10.8. The zero-order valence-electron chi connectivity index (χ0n) is 11.4. The number of ether oxygens (including phenoxy) is 1. The van der Waals surface area contributed by atoms with Crippen LogP contribution in [0.5, 0.6) is 11.5 Å². The minimum atomic E-state index is -0.377. The maximum absolute atomic E-state index is 10.8. The van der Waals surface area contributed by atoms with E-state index in [1.54, 1.807) is 0 Å². The number of carbonyl (C=O) groups excluding carboxylic acids is 1. The van der Waals surface area contributed by atoms with Crippen molar-refractivity contribution in [2.75, 3.05) is 6.54 Å². The lowest BCUT2D eigenvalue weighted by molar-refractivity contribution is -0.117. The molecule has 0 aliphatic heterocycles. The summed E-state index contributed by atoms with van der Waals surface area (Å²) in [7, 11) is 0. The first kappa shape index (κ1) is 14.1. The summed E-state index contributed by atoms with van der Waals surface area (Å²) in [6, 6.07) is 17.3. The van der Waals surface area contributed by atoms with Gasteiger partial charge in [-0.1, -0.05) is 36.4 Å². The molecule has 0 aliphatic carbocycles. The molecule has 20 heavy (non-hydrogen) atoms. The van der Waals surface area contributed by atoms with Crippen molar-refractivity contribution in [2.45, 2.75) is 13.0 Å². The van der Waals surface area contributed by atoms with Crippen LogP contribution in [0.2, 0.25) is 0 Å². The predicted octanol–water partition coefficient (Wildman–Crippen LogP) is 2.61. The molecule has 0 fully saturated rings. The van der Waals surface area contributed by atoms with Crippen molar-refractivity contribution in [1.29, 1.82) is 0 Å². The molecule has 104 valence electrons. The van der Waals surface area contributed by atoms with Crippen LogP contribution < -0.4 is 15.8 Å². The van der Waals surface area contributed by atoms with Gasteiger partial charge in [0.15, 0.2) is 0 Å². The lowest BCUT2D eigenvalue weighted by Gasteiger charge is -2.17. The summed E-state index contributed by atoms with van der Waals surface area (Å²) in [6.07, 6.45) is 0. The minimum absolute atomic E-state index is 0.0255. The van der Waals surface area contributed by atoms with Crippen LogP contribution in [0.15, 0.2) is 54.6 Å². The molecule has 1 amide bonds. The van der Waals surface area contributed by atoms with E-state index in [2.05, 4.69) is 5.32 Å². The van der Waals surface area contributed by atoms with Gasteiger partial charge >= 0.3 is 0 Å². The molecule has 0 unspecified atom stereocenters. The number of carbonyl (C=O) groups is 1. The van der Waals surface area contributed by atoms with Gasteiger partial charge in [0.2, 0.25) is 5.91 Å². The molecule has 0 saturated heterocycles. The second-order valence-electron chi connectivity index (χ2n) is 4.52. The van der Waals surface area contributed by atoms with Gasteiger partial charge in [-0.05, 0) is 25.1 Å². The molecular formula is C16H18N2O2. The van der Waals surface area contributed by atoms with Gasteiger partial charge in [-0.25, -0.2) is 0 Å². The molecule has 0 aliphatic rings. The Morgan fingerprint density at radius 3 is 2.50 bits per heavy atom. The number of nitrogens with two attached hydrogens (primary N) is 1. The smallest absolute Gasteiger partial charge is 0.231 e. The summed E-state index contributed by atoms with van der Waals surface area (Å²) in [5.41, 5.74) is 6.13. The summed E-state index contributed by atoms with van der Waals surface area (Å²) < 4.78 is 5.88. The Bertz CT molecular complexity index is 570.